The summed E-state index contributed by atoms with van der Waals surface area (Å²) in [6.45, 7) is 0. The van der Waals surface area contributed by atoms with E-state index in [2.05, 4.69) is 25.4 Å². The maximum absolute atomic E-state index is 13.4. The smallest absolute Gasteiger partial charge is 0.240 e. The number of nitrogens with one attached hydrogen (secondary N) is 2. The normalized spacial score (nSPS) is 11.5. The van der Waals surface area contributed by atoms with Gasteiger partial charge in [0.05, 0.1) is 11.9 Å². The summed E-state index contributed by atoms with van der Waals surface area (Å²) < 4.78 is 53.2. The van der Waals surface area contributed by atoms with Gasteiger partial charge in [0, 0.05) is 23.0 Å². The lowest BCUT2D eigenvalue weighted by molar-refractivity contribution is 0.584. The average molecular weight is 380 g/mol. The number of tetrazole rings is 1. The Bertz CT molecular complexity index is 1050. The van der Waals surface area contributed by atoms with Crippen molar-refractivity contribution < 1.29 is 17.2 Å². The topological polar surface area (TPSA) is 102 Å². The highest BCUT2D eigenvalue weighted by molar-refractivity contribution is 7.89. The van der Waals surface area contributed by atoms with E-state index in [1.165, 1.54) is 30.0 Å². The quantitative estimate of drug-likeness (QED) is 0.700. The summed E-state index contributed by atoms with van der Waals surface area (Å²) in [6.07, 6.45) is 0. The Labute approximate surface area is 147 Å². The molecule has 11 heteroatoms. The third-order valence-corrected chi connectivity index (χ3v) is 4.87. The van der Waals surface area contributed by atoms with Gasteiger partial charge >= 0.3 is 0 Å². The monoisotopic (exact) mass is 380 g/mol. The molecule has 0 amide bonds. The highest BCUT2D eigenvalue weighted by Gasteiger charge is 2.18. The van der Waals surface area contributed by atoms with E-state index in [1.807, 2.05) is 0 Å². The minimum absolute atomic E-state index is 0.0153. The molecule has 0 spiro atoms. The molecule has 0 saturated heterocycles. The molecule has 2 aromatic carbocycles. The van der Waals surface area contributed by atoms with Crippen LogP contribution in [-0.2, 0) is 17.1 Å². The van der Waals surface area contributed by atoms with Gasteiger partial charge in [-0.05, 0) is 42.6 Å². The average Bonchev–Trinajstić information content (AvgIpc) is 3.00. The van der Waals surface area contributed by atoms with Crippen LogP contribution in [0.2, 0.25) is 0 Å². The Kier molecular flexibility index (Phi) is 4.66. The van der Waals surface area contributed by atoms with Crippen LogP contribution in [0.3, 0.4) is 0 Å². The summed E-state index contributed by atoms with van der Waals surface area (Å²) in [5.74, 6) is -1.35. The zero-order valence-electron chi connectivity index (χ0n) is 13.7. The van der Waals surface area contributed by atoms with Gasteiger partial charge in [0.25, 0.3) is 0 Å². The van der Waals surface area contributed by atoms with E-state index >= 15 is 0 Å². The van der Waals surface area contributed by atoms with Crippen LogP contribution in [0.25, 0.3) is 11.4 Å². The summed E-state index contributed by atoms with van der Waals surface area (Å²) in [5.41, 5.74) is 0.814. The van der Waals surface area contributed by atoms with Crippen LogP contribution in [0.5, 0.6) is 0 Å². The Hall–Kier alpha value is -2.92. The molecule has 136 valence electrons. The largest absolute Gasteiger partial charge is 0.355 e. The zero-order chi connectivity index (χ0) is 18.9. The lowest BCUT2D eigenvalue weighted by Gasteiger charge is -2.12. The molecule has 0 saturated carbocycles. The SMILES string of the molecule is CNS(=O)(=O)c1ccc(Nc2cc(F)cc(F)c2)c(-c2nnn(C)n2)c1. The lowest BCUT2D eigenvalue weighted by atomic mass is 10.1. The molecule has 0 aliphatic rings. The molecule has 8 nitrogen and oxygen atoms in total. The van der Waals surface area contributed by atoms with E-state index in [9.17, 15) is 17.2 Å². The van der Waals surface area contributed by atoms with Crippen molar-refractivity contribution >= 4 is 21.4 Å². The lowest BCUT2D eigenvalue weighted by Crippen LogP contribution is -2.18. The van der Waals surface area contributed by atoms with Crippen LogP contribution in [0.4, 0.5) is 20.2 Å². The highest BCUT2D eigenvalue weighted by atomic mass is 32.2. The molecule has 0 radical (unpaired) electrons. The third kappa shape index (κ3) is 3.68. The molecule has 0 aliphatic heterocycles. The van der Waals surface area contributed by atoms with Crippen molar-refractivity contribution in [3.8, 4) is 11.4 Å². The van der Waals surface area contributed by atoms with E-state index in [1.54, 1.807) is 7.05 Å². The molecule has 3 aromatic rings. The minimum Gasteiger partial charge on any atom is -0.355 e. The van der Waals surface area contributed by atoms with E-state index in [0.29, 0.717) is 11.3 Å². The molecule has 0 aliphatic carbocycles. The fourth-order valence-electron chi connectivity index (χ4n) is 2.28. The maximum atomic E-state index is 13.4. The minimum atomic E-state index is -3.71. The first-order chi connectivity index (χ1) is 12.3. The van der Waals surface area contributed by atoms with Crippen molar-refractivity contribution in [2.75, 3.05) is 12.4 Å². The first-order valence-electron chi connectivity index (χ1n) is 7.33. The van der Waals surface area contributed by atoms with Crippen molar-refractivity contribution in [1.82, 2.24) is 24.9 Å². The zero-order valence-corrected chi connectivity index (χ0v) is 14.6. The molecular weight excluding hydrogens is 366 g/mol. The van der Waals surface area contributed by atoms with Crippen LogP contribution >= 0.6 is 0 Å². The predicted octanol–water partition coefficient (Wildman–Crippen LogP) is 1.81. The number of nitrogens with zero attached hydrogens (tertiary/aromatic N) is 4. The van der Waals surface area contributed by atoms with Gasteiger partial charge in [-0.1, -0.05) is 0 Å². The Morgan fingerprint density at radius 1 is 1.08 bits per heavy atom. The van der Waals surface area contributed by atoms with Crippen LogP contribution in [-0.4, -0.2) is 35.7 Å². The van der Waals surface area contributed by atoms with Crippen molar-refractivity contribution in [3.05, 3.63) is 48.0 Å². The second-order valence-electron chi connectivity index (χ2n) is 5.30. The fourth-order valence-corrected chi connectivity index (χ4v) is 3.03. The van der Waals surface area contributed by atoms with Crippen LogP contribution < -0.4 is 10.0 Å². The molecule has 0 fully saturated rings. The number of benzene rings is 2. The Balaban J connectivity index is 2.12. The standard InChI is InChI=1S/C15H14F2N6O2S/c1-18-26(24,25)12-3-4-14(13(8-12)15-20-22-23(2)21-15)19-11-6-9(16)5-10(17)7-11/h3-8,18-19H,1-2H3. The molecular formula is C15H14F2N6O2S. The number of aromatic nitrogens is 4. The van der Waals surface area contributed by atoms with Crippen LogP contribution in [0.15, 0.2) is 41.3 Å². The van der Waals surface area contributed by atoms with Gasteiger partial charge in [-0.25, -0.2) is 21.9 Å². The summed E-state index contributed by atoms with van der Waals surface area (Å²) in [5, 5.41) is 14.5. The molecule has 1 aromatic heterocycles. The summed E-state index contributed by atoms with van der Waals surface area (Å²) >= 11 is 0. The van der Waals surface area contributed by atoms with Gasteiger partial charge in [0.2, 0.25) is 15.8 Å². The first kappa shape index (κ1) is 17.9. The van der Waals surface area contributed by atoms with Gasteiger partial charge in [0.1, 0.15) is 11.6 Å². The number of hydrogen-bond acceptors (Lipinski definition) is 6. The molecule has 0 bridgehead atoms. The number of rotatable bonds is 5. The van der Waals surface area contributed by atoms with E-state index in [0.717, 1.165) is 18.2 Å². The van der Waals surface area contributed by atoms with Crippen LogP contribution in [0, 0.1) is 11.6 Å². The van der Waals surface area contributed by atoms with Gasteiger partial charge < -0.3 is 5.32 Å². The van der Waals surface area contributed by atoms with E-state index in [4.69, 9.17) is 0 Å². The van der Waals surface area contributed by atoms with Gasteiger partial charge in [0.15, 0.2) is 0 Å². The summed E-state index contributed by atoms with van der Waals surface area (Å²) in [6, 6.07) is 7.12. The van der Waals surface area contributed by atoms with Crippen molar-refractivity contribution in [3.63, 3.8) is 0 Å². The molecule has 2 N–H and O–H groups in total. The van der Waals surface area contributed by atoms with Crippen molar-refractivity contribution in [2.45, 2.75) is 4.90 Å². The Morgan fingerprint density at radius 3 is 2.35 bits per heavy atom. The molecule has 1 heterocycles. The number of halogens is 2. The molecule has 26 heavy (non-hydrogen) atoms. The third-order valence-electron chi connectivity index (χ3n) is 3.46. The second kappa shape index (κ2) is 6.77. The molecule has 3 rings (SSSR count). The van der Waals surface area contributed by atoms with Crippen molar-refractivity contribution in [1.29, 1.82) is 0 Å². The van der Waals surface area contributed by atoms with Crippen molar-refractivity contribution in [2.24, 2.45) is 7.05 Å². The van der Waals surface area contributed by atoms with Gasteiger partial charge in [-0.2, -0.15) is 4.80 Å². The second-order valence-corrected chi connectivity index (χ2v) is 7.19. The molecule has 0 atom stereocenters. The number of anilines is 2. The highest BCUT2D eigenvalue weighted by Crippen LogP contribution is 2.30. The molecule has 0 unspecified atom stereocenters. The fraction of sp³-hybridized carbons (Fsp3) is 0.133. The summed E-state index contributed by atoms with van der Waals surface area (Å²) in [4.78, 5) is 1.19. The van der Waals surface area contributed by atoms with E-state index < -0.39 is 21.7 Å². The van der Waals surface area contributed by atoms with Crippen LogP contribution in [0.1, 0.15) is 0 Å². The number of hydrogen-bond donors (Lipinski definition) is 2. The van der Waals surface area contributed by atoms with E-state index in [-0.39, 0.29) is 16.4 Å². The van der Waals surface area contributed by atoms with Gasteiger partial charge in [-0.3, -0.25) is 0 Å². The summed E-state index contributed by atoms with van der Waals surface area (Å²) in [7, 11) is -0.861. The Morgan fingerprint density at radius 2 is 1.77 bits per heavy atom. The number of sulfonamides is 1. The van der Waals surface area contributed by atoms with Gasteiger partial charge in [-0.15, -0.1) is 10.2 Å². The first-order valence-corrected chi connectivity index (χ1v) is 8.82. The number of aryl methyl sites for hydroxylation is 1. The predicted molar refractivity (Wildman–Crippen MR) is 90.1 cm³/mol. The maximum Gasteiger partial charge on any atom is 0.240 e.